The quantitative estimate of drug-likeness (QED) is 0.774. The fraction of sp³-hybridized carbons (Fsp3) is 1.00. The smallest absolute Gasteiger partial charge is 0.159 e. The zero-order valence-corrected chi connectivity index (χ0v) is 10.5. The molecule has 0 aliphatic carbocycles. The van der Waals surface area contributed by atoms with Crippen LogP contribution in [-0.4, -0.2) is 45.2 Å². The van der Waals surface area contributed by atoms with Gasteiger partial charge in [0.2, 0.25) is 0 Å². The molecule has 90 valence electrons. The van der Waals surface area contributed by atoms with Gasteiger partial charge in [-0.1, -0.05) is 6.92 Å². The van der Waals surface area contributed by atoms with E-state index in [1.165, 1.54) is 0 Å². The van der Waals surface area contributed by atoms with Crippen molar-refractivity contribution in [2.75, 3.05) is 20.3 Å². The molecule has 5 heteroatoms. The molecule has 4 nitrogen and oxygen atoms in total. The second kappa shape index (κ2) is 5.27. The maximum atomic E-state index is 12.2. The molecule has 1 aliphatic heterocycles. The molecule has 1 N–H and O–H groups in total. The molecule has 15 heavy (non-hydrogen) atoms. The molecule has 0 aromatic carbocycles. The molecule has 1 fully saturated rings. The van der Waals surface area contributed by atoms with Gasteiger partial charge in [0.05, 0.1) is 11.9 Å². The first kappa shape index (κ1) is 12.9. The van der Waals surface area contributed by atoms with Crippen molar-refractivity contribution in [2.45, 2.75) is 43.2 Å². The maximum absolute atomic E-state index is 12.2. The monoisotopic (exact) mass is 235 g/mol. The summed E-state index contributed by atoms with van der Waals surface area (Å²) in [5, 5.41) is 2.42. The van der Waals surface area contributed by atoms with Crippen LogP contribution in [0.25, 0.3) is 0 Å². The van der Waals surface area contributed by atoms with E-state index in [0.29, 0.717) is 19.6 Å². The van der Waals surface area contributed by atoms with Crippen LogP contribution >= 0.6 is 0 Å². The van der Waals surface area contributed by atoms with E-state index < -0.39 is 9.84 Å². The summed E-state index contributed by atoms with van der Waals surface area (Å²) < 4.78 is 29.6. The van der Waals surface area contributed by atoms with Crippen LogP contribution in [0, 0.1) is 0 Å². The number of hydrogen-bond acceptors (Lipinski definition) is 4. The fourth-order valence-corrected chi connectivity index (χ4v) is 3.97. The van der Waals surface area contributed by atoms with Crippen molar-refractivity contribution in [1.29, 1.82) is 0 Å². The summed E-state index contributed by atoms with van der Waals surface area (Å²) in [5.74, 6) is 0. The van der Waals surface area contributed by atoms with Gasteiger partial charge in [-0.05, 0) is 26.8 Å². The fourth-order valence-electron chi connectivity index (χ4n) is 1.90. The lowest BCUT2D eigenvalue weighted by atomic mass is 10.1. The summed E-state index contributed by atoms with van der Waals surface area (Å²) in [5.41, 5.74) is 0. The summed E-state index contributed by atoms with van der Waals surface area (Å²) in [6.07, 6.45) is 1.44. The Morgan fingerprint density at radius 1 is 1.53 bits per heavy atom. The van der Waals surface area contributed by atoms with Gasteiger partial charge in [0, 0.05) is 12.6 Å². The summed E-state index contributed by atoms with van der Waals surface area (Å²) in [6.45, 7) is 4.66. The Hall–Kier alpha value is -0.130. The summed E-state index contributed by atoms with van der Waals surface area (Å²) in [4.78, 5) is 0. The molecule has 1 rings (SSSR count). The Balaban J connectivity index is 2.83. The van der Waals surface area contributed by atoms with Crippen molar-refractivity contribution in [3.05, 3.63) is 0 Å². The molecule has 1 heterocycles. The molecular formula is C10H21NO3S. The summed E-state index contributed by atoms with van der Waals surface area (Å²) >= 11 is 0. The molecule has 3 atom stereocenters. The lowest BCUT2D eigenvalue weighted by Crippen LogP contribution is -2.51. The van der Waals surface area contributed by atoms with Crippen molar-refractivity contribution in [1.82, 2.24) is 5.32 Å². The Bertz CT molecular complexity index is 289. The molecule has 0 amide bonds. The lowest BCUT2D eigenvalue weighted by Gasteiger charge is -2.32. The summed E-state index contributed by atoms with van der Waals surface area (Å²) in [6, 6.07) is 0.0396. The molecule has 0 spiro atoms. The zero-order chi connectivity index (χ0) is 11.5. The van der Waals surface area contributed by atoms with E-state index in [9.17, 15) is 8.42 Å². The third-order valence-electron chi connectivity index (χ3n) is 3.23. The highest BCUT2D eigenvalue weighted by atomic mass is 32.2. The highest BCUT2D eigenvalue weighted by Gasteiger charge is 2.37. The summed E-state index contributed by atoms with van der Waals surface area (Å²) in [7, 11) is -1.25. The van der Waals surface area contributed by atoms with Gasteiger partial charge in [0.1, 0.15) is 5.25 Å². The van der Waals surface area contributed by atoms with E-state index in [1.54, 1.807) is 6.92 Å². The Kier molecular flexibility index (Phi) is 4.55. The first-order chi connectivity index (χ1) is 7.04. The minimum absolute atomic E-state index is 0.0396. The minimum atomic E-state index is -3.06. The van der Waals surface area contributed by atoms with Crippen molar-refractivity contribution in [3.63, 3.8) is 0 Å². The van der Waals surface area contributed by atoms with Gasteiger partial charge in [-0.2, -0.15) is 0 Å². The molecule has 3 unspecified atom stereocenters. The first-order valence-corrected chi connectivity index (χ1v) is 7.12. The maximum Gasteiger partial charge on any atom is 0.159 e. The van der Waals surface area contributed by atoms with Gasteiger partial charge in [0.25, 0.3) is 0 Å². The number of nitrogens with one attached hydrogen (secondary N) is 1. The predicted molar refractivity (Wildman–Crippen MR) is 60.7 cm³/mol. The topological polar surface area (TPSA) is 55.4 Å². The zero-order valence-electron chi connectivity index (χ0n) is 9.69. The molecule has 0 saturated carbocycles. The molecular weight excluding hydrogens is 214 g/mol. The molecule has 0 bridgehead atoms. The molecule has 1 aliphatic rings. The largest absolute Gasteiger partial charge is 0.380 e. The normalized spacial score (nSPS) is 30.1. The van der Waals surface area contributed by atoms with E-state index in [0.717, 1.165) is 6.42 Å². The first-order valence-electron chi connectivity index (χ1n) is 5.51. The van der Waals surface area contributed by atoms with E-state index >= 15 is 0 Å². The van der Waals surface area contributed by atoms with Gasteiger partial charge in [-0.3, -0.25) is 0 Å². The predicted octanol–water partition coefficient (Wildman–Crippen LogP) is 0.577. The van der Waals surface area contributed by atoms with Gasteiger partial charge >= 0.3 is 0 Å². The average molecular weight is 235 g/mol. The lowest BCUT2D eigenvalue weighted by molar-refractivity contribution is 0.0823. The average Bonchev–Trinajstić information content (AvgIpc) is 2.27. The Morgan fingerprint density at radius 3 is 2.73 bits per heavy atom. The second-order valence-corrected chi connectivity index (χ2v) is 6.69. The van der Waals surface area contributed by atoms with E-state index in [1.807, 2.05) is 14.0 Å². The Labute approximate surface area is 92.3 Å². The van der Waals surface area contributed by atoms with Crippen LogP contribution in [0.1, 0.15) is 26.7 Å². The third kappa shape index (κ3) is 2.71. The SMILES string of the molecule is CCC(C)S(=O)(=O)C1COCCC1NC. The van der Waals surface area contributed by atoms with Crippen molar-refractivity contribution in [3.8, 4) is 0 Å². The van der Waals surface area contributed by atoms with Crippen LogP contribution in [0.2, 0.25) is 0 Å². The minimum Gasteiger partial charge on any atom is -0.380 e. The van der Waals surface area contributed by atoms with Gasteiger partial charge in [-0.25, -0.2) is 8.42 Å². The highest BCUT2D eigenvalue weighted by molar-refractivity contribution is 7.92. The van der Waals surface area contributed by atoms with Gasteiger partial charge in [-0.15, -0.1) is 0 Å². The van der Waals surface area contributed by atoms with Crippen LogP contribution in [0.3, 0.4) is 0 Å². The van der Waals surface area contributed by atoms with Crippen LogP contribution < -0.4 is 5.32 Å². The van der Waals surface area contributed by atoms with E-state index in [-0.39, 0.29) is 16.5 Å². The van der Waals surface area contributed by atoms with Crippen LogP contribution in [-0.2, 0) is 14.6 Å². The molecule has 0 aromatic heterocycles. The number of hydrogen-bond donors (Lipinski definition) is 1. The van der Waals surface area contributed by atoms with Crippen LogP contribution in [0.5, 0.6) is 0 Å². The van der Waals surface area contributed by atoms with E-state index in [4.69, 9.17) is 4.74 Å². The second-order valence-electron chi connectivity index (χ2n) is 4.11. The molecule has 0 aromatic rings. The van der Waals surface area contributed by atoms with Gasteiger partial charge in [0.15, 0.2) is 9.84 Å². The third-order valence-corrected chi connectivity index (χ3v) is 6.00. The molecule has 1 saturated heterocycles. The molecule has 0 radical (unpaired) electrons. The number of ether oxygens (including phenoxy) is 1. The van der Waals surface area contributed by atoms with E-state index in [2.05, 4.69) is 5.32 Å². The number of sulfone groups is 1. The van der Waals surface area contributed by atoms with Crippen molar-refractivity contribution < 1.29 is 13.2 Å². The van der Waals surface area contributed by atoms with Crippen molar-refractivity contribution in [2.24, 2.45) is 0 Å². The van der Waals surface area contributed by atoms with Gasteiger partial charge < -0.3 is 10.1 Å². The van der Waals surface area contributed by atoms with Crippen LogP contribution in [0.15, 0.2) is 0 Å². The van der Waals surface area contributed by atoms with Crippen LogP contribution in [0.4, 0.5) is 0 Å². The standard InChI is InChI=1S/C10H21NO3S/c1-4-8(2)15(12,13)10-7-14-6-5-9(10)11-3/h8-11H,4-7H2,1-3H3. The van der Waals surface area contributed by atoms with Crippen molar-refractivity contribution >= 4 is 9.84 Å². The highest BCUT2D eigenvalue weighted by Crippen LogP contribution is 2.20. The Morgan fingerprint density at radius 2 is 2.20 bits per heavy atom. The number of rotatable bonds is 4.